The highest BCUT2D eigenvalue weighted by Gasteiger charge is 2.05. The Bertz CT molecular complexity index is 636. The fraction of sp³-hybridized carbons (Fsp3) is 0.308. The zero-order chi connectivity index (χ0) is 13.0. The third kappa shape index (κ3) is 2.66. The highest BCUT2D eigenvalue weighted by Crippen LogP contribution is 2.12. The van der Waals surface area contributed by atoms with E-state index in [1.54, 1.807) is 23.6 Å². The van der Waals surface area contributed by atoms with Gasteiger partial charge in [-0.25, -0.2) is 4.98 Å². The SMILES string of the molecule is CCCc1nc(Cn2cccc(C#N)c2=O)cs1. The molecule has 5 heteroatoms. The molecule has 0 saturated carbocycles. The summed E-state index contributed by atoms with van der Waals surface area (Å²) in [6.45, 7) is 2.54. The molecule has 0 bridgehead atoms. The molecule has 0 aromatic carbocycles. The summed E-state index contributed by atoms with van der Waals surface area (Å²) >= 11 is 1.62. The van der Waals surface area contributed by atoms with Gasteiger partial charge in [-0.05, 0) is 25.0 Å². The van der Waals surface area contributed by atoms with Gasteiger partial charge in [-0.15, -0.1) is 11.3 Å². The molecule has 18 heavy (non-hydrogen) atoms. The molecule has 0 atom stereocenters. The maximum Gasteiger partial charge on any atom is 0.268 e. The molecule has 0 aliphatic carbocycles. The first-order valence-corrected chi connectivity index (χ1v) is 6.65. The Balaban J connectivity index is 2.23. The number of aromatic nitrogens is 2. The molecule has 0 spiro atoms. The minimum atomic E-state index is -0.259. The van der Waals surface area contributed by atoms with E-state index >= 15 is 0 Å². The zero-order valence-corrected chi connectivity index (χ0v) is 10.9. The van der Waals surface area contributed by atoms with Crippen molar-refractivity contribution in [2.45, 2.75) is 26.3 Å². The summed E-state index contributed by atoms with van der Waals surface area (Å²) in [6, 6.07) is 5.13. The van der Waals surface area contributed by atoms with E-state index in [0.29, 0.717) is 6.54 Å². The van der Waals surface area contributed by atoms with E-state index in [2.05, 4.69) is 11.9 Å². The van der Waals surface area contributed by atoms with Gasteiger partial charge >= 0.3 is 0 Å². The number of thiazole rings is 1. The summed E-state index contributed by atoms with van der Waals surface area (Å²) in [7, 11) is 0. The van der Waals surface area contributed by atoms with Gasteiger partial charge in [0.2, 0.25) is 0 Å². The standard InChI is InChI=1S/C13H13N3OS/c1-2-4-12-15-11(9-18-12)8-16-6-3-5-10(7-14)13(16)17/h3,5-6,9H,2,4,8H2,1H3. The van der Waals surface area contributed by atoms with E-state index < -0.39 is 0 Å². The summed E-state index contributed by atoms with van der Waals surface area (Å²) in [5.41, 5.74) is 0.784. The number of hydrogen-bond donors (Lipinski definition) is 0. The summed E-state index contributed by atoms with van der Waals surface area (Å²) in [4.78, 5) is 16.3. The van der Waals surface area contributed by atoms with Gasteiger partial charge in [-0.2, -0.15) is 5.26 Å². The normalized spacial score (nSPS) is 10.2. The maximum absolute atomic E-state index is 11.9. The van der Waals surface area contributed by atoms with Crippen molar-refractivity contribution in [1.29, 1.82) is 5.26 Å². The van der Waals surface area contributed by atoms with Crippen LogP contribution < -0.4 is 5.56 Å². The van der Waals surface area contributed by atoms with E-state index in [0.717, 1.165) is 23.5 Å². The first kappa shape index (κ1) is 12.5. The third-order valence-corrected chi connectivity index (χ3v) is 3.49. The van der Waals surface area contributed by atoms with Gasteiger partial charge in [-0.3, -0.25) is 4.79 Å². The number of hydrogen-bond acceptors (Lipinski definition) is 4. The number of rotatable bonds is 4. The molecule has 0 unspecified atom stereocenters. The first-order chi connectivity index (χ1) is 8.74. The van der Waals surface area contributed by atoms with Gasteiger partial charge in [0.15, 0.2) is 0 Å². The van der Waals surface area contributed by atoms with E-state index in [9.17, 15) is 4.79 Å². The van der Waals surface area contributed by atoms with Crippen LogP contribution in [0.25, 0.3) is 0 Å². The Kier molecular flexibility index (Phi) is 3.90. The highest BCUT2D eigenvalue weighted by atomic mass is 32.1. The average molecular weight is 259 g/mol. The fourth-order valence-corrected chi connectivity index (χ4v) is 2.56. The van der Waals surface area contributed by atoms with E-state index in [1.807, 2.05) is 11.4 Å². The molecule has 2 heterocycles. The van der Waals surface area contributed by atoms with Gasteiger partial charge in [-0.1, -0.05) is 6.92 Å². The second kappa shape index (κ2) is 5.61. The third-order valence-electron chi connectivity index (χ3n) is 2.54. The predicted octanol–water partition coefficient (Wildman–Crippen LogP) is 2.18. The Labute approximate surface area is 109 Å². The van der Waals surface area contributed by atoms with Crippen molar-refractivity contribution < 1.29 is 0 Å². The van der Waals surface area contributed by atoms with Crippen molar-refractivity contribution in [2.24, 2.45) is 0 Å². The van der Waals surface area contributed by atoms with Crippen LogP contribution in [-0.2, 0) is 13.0 Å². The van der Waals surface area contributed by atoms with Crippen LogP contribution in [0, 0.1) is 11.3 Å². The van der Waals surface area contributed by atoms with Crippen LogP contribution in [0.1, 0.15) is 29.6 Å². The van der Waals surface area contributed by atoms with Crippen molar-refractivity contribution in [2.75, 3.05) is 0 Å². The lowest BCUT2D eigenvalue weighted by Crippen LogP contribution is -2.22. The number of nitrogens with zero attached hydrogens (tertiary/aromatic N) is 3. The van der Waals surface area contributed by atoms with E-state index in [-0.39, 0.29) is 11.1 Å². The van der Waals surface area contributed by atoms with E-state index in [4.69, 9.17) is 5.26 Å². The molecule has 92 valence electrons. The minimum absolute atomic E-state index is 0.168. The molecule has 4 nitrogen and oxygen atoms in total. The molecule has 2 rings (SSSR count). The second-order valence-corrected chi connectivity index (χ2v) is 4.89. The van der Waals surface area contributed by atoms with Crippen LogP contribution in [0.5, 0.6) is 0 Å². The summed E-state index contributed by atoms with van der Waals surface area (Å²) in [6.07, 6.45) is 3.72. The molecular weight excluding hydrogens is 246 g/mol. The van der Waals surface area contributed by atoms with Crippen molar-refractivity contribution >= 4 is 11.3 Å². The van der Waals surface area contributed by atoms with Gasteiger partial charge in [0, 0.05) is 11.6 Å². The van der Waals surface area contributed by atoms with Crippen LogP contribution in [0.3, 0.4) is 0 Å². The Hall–Kier alpha value is -1.93. The molecular formula is C13H13N3OS. The molecule has 0 amide bonds. The molecule has 0 fully saturated rings. The summed E-state index contributed by atoms with van der Waals surface area (Å²) in [5.74, 6) is 0. The second-order valence-electron chi connectivity index (χ2n) is 3.95. The first-order valence-electron chi connectivity index (χ1n) is 5.77. The minimum Gasteiger partial charge on any atom is -0.308 e. The van der Waals surface area contributed by atoms with Gasteiger partial charge in [0.05, 0.1) is 17.2 Å². The monoisotopic (exact) mass is 259 g/mol. The lowest BCUT2D eigenvalue weighted by atomic mass is 10.3. The van der Waals surface area contributed by atoms with Gasteiger partial charge < -0.3 is 4.57 Å². The van der Waals surface area contributed by atoms with Crippen molar-refractivity contribution in [3.8, 4) is 6.07 Å². The zero-order valence-electron chi connectivity index (χ0n) is 10.1. The Morgan fingerprint density at radius 1 is 1.56 bits per heavy atom. The molecule has 0 aliphatic heterocycles. The molecule has 2 aromatic heterocycles. The maximum atomic E-state index is 11.9. The molecule has 2 aromatic rings. The Morgan fingerprint density at radius 3 is 3.11 bits per heavy atom. The topological polar surface area (TPSA) is 58.7 Å². The lowest BCUT2D eigenvalue weighted by molar-refractivity contribution is 0.736. The molecule has 0 aliphatic rings. The van der Waals surface area contributed by atoms with Crippen LogP contribution in [0.2, 0.25) is 0 Å². The smallest absolute Gasteiger partial charge is 0.268 e. The van der Waals surface area contributed by atoms with Gasteiger partial charge in [0.1, 0.15) is 11.6 Å². The van der Waals surface area contributed by atoms with Crippen molar-refractivity contribution in [3.63, 3.8) is 0 Å². The van der Waals surface area contributed by atoms with Gasteiger partial charge in [0.25, 0.3) is 5.56 Å². The summed E-state index contributed by atoms with van der Waals surface area (Å²) < 4.78 is 1.52. The average Bonchev–Trinajstić information content (AvgIpc) is 2.80. The number of aryl methyl sites for hydroxylation is 1. The largest absolute Gasteiger partial charge is 0.308 e. The Morgan fingerprint density at radius 2 is 2.39 bits per heavy atom. The molecule has 0 radical (unpaired) electrons. The quantitative estimate of drug-likeness (QED) is 0.845. The van der Waals surface area contributed by atoms with Crippen LogP contribution in [0.4, 0.5) is 0 Å². The van der Waals surface area contributed by atoms with Crippen molar-refractivity contribution in [1.82, 2.24) is 9.55 Å². The molecule has 0 saturated heterocycles. The van der Waals surface area contributed by atoms with Crippen LogP contribution in [0.15, 0.2) is 28.5 Å². The van der Waals surface area contributed by atoms with Crippen molar-refractivity contribution in [3.05, 3.63) is 50.3 Å². The van der Waals surface area contributed by atoms with E-state index in [1.165, 1.54) is 10.6 Å². The van der Waals surface area contributed by atoms with Crippen LogP contribution in [-0.4, -0.2) is 9.55 Å². The van der Waals surface area contributed by atoms with Crippen LogP contribution >= 0.6 is 11.3 Å². The number of pyridine rings is 1. The fourth-order valence-electron chi connectivity index (χ4n) is 1.67. The highest BCUT2D eigenvalue weighted by molar-refractivity contribution is 7.09. The molecule has 0 N–H and O–H groups in total. The summed E-state index contributed by atoms with van der Waals surface area (Å²) in [5, 5.41) is 11.9. The number of nitriles is 1. The lowest BCUT2D eigenvalue weighted by Gasteiger charge is -2.02. The predicted molar refractivity (Wildman–Crippen MR) is 70.6 cm³/mol.